The Hall–Kier alpha value is -7.64. The van der Waals surface area contributed by atoms with Crippen LogP contribution in [0.25, 0.3) is 0 Å². The zero-order chi connectivity index (χ0) is 48.9. The number of Topliss-reactive ketones (excluding diaryl/α,β-unsaturated/α-hetero) is 2. The molecule has 20 nitrogen and oxygen atoms in total. The molecule has 67 heavy (non-hydrogen) atoms. The highest BCUT2D eigenvalue weighted by atomic mass is 16.5. The summed E-state index contributed by atoms with van der Waals surface area (Å²) in [4.78, 5) is 151. The molecule has 2 aliphatic heterocycles. The lowest BCUT2D eigenvalue weighted by atomic mass is 9.91. The molecule has 20 heteroatoms. The Labute approximate surface area is 386 Å². The maximum atomic E-state index is 13.4. The number of carbonyl (C=O) groups excluding carboxylic acids is 12. The number of anilines is 2. The maximum absolute atomic E-state index is 13.4. The van der Waals surface area contributed by atoms with E-state index in [2.05, 4.69) is 21.3 Å². The molecule has 0 aliphatic carbocycles. The minimum absolute atomic E-state index is 0.0339. The van der Waals surface area contributed by atoms with Gasteiger partial charge in [0.2, 0.25) is 11.8 Å². The molecular formula is C47H54N6O14. The fraction of sp³-hybridized carbons (Fsp3) is 0.404. The second-order valence-electron chi connectivity index (χ2n) is 15.9. The summed E-state index contributed by atoms with van der Waals surface area (Å²) in [6.07, 6.45) is 5.44. The molecule has 0 aromatic heterocycles. The number of amides is 10. The van der Waals surface area contributed by atoms with E-state index in [-0.39, 0.29) is 82.8 Å². The highest BCUT2D eigenvalue weighted by Crippen LogP contribution is 2.21. The molecule has 2 aliphatic rings. The second-order valence-corrected chi connectivity index (χ2v) is 15.9. The Morgan fingerprint density at radius 2 is 0.836 bits per heavy atom. The van der Waals surface area contributed by atoms with E-state index in [9.17, 15) is 57.5 Å². The van der Waals surface area contributed by atoms with Gasteiger partial charge in [0.1, 0.15) is 24.8 Å². The molecule has 10 amide bonds. The fourth-order valence-electron chi connectivity index (χ4n) is 7.00. The number of carbonyl (C=O) groups is 12. The van der Waals surface area contributed by atoms with E-state index in [1.807, 2.05) is 0 Å². The fourth-order valence-corrected chi connectivity index (χ4v) is 7.00. The number of urea groups is 2. The minimum Gasteiger partial charge on any atom is -0.461 e. The molecule has 0 fully saturated rings. The lowest BCUT2D eigenvalue weighted by molar-refractivity contribution is -0.143. The average molecular weight is 927 g/mol. The molecule has 0 saturated heterocycles. The van der Waals surface area contributed by atoms with Gasteiger partial charge in [0.25, 0.3) is 23.6 Å². The third-order valence-corrected chi connectivity index (χ3v) is 10.6. The average Bonchev–Trinajstić information content (AvgIpc) is 3.78. The van der Waals surface area contributed by atoms with Crippen LogP contribution in [0.15, 0.2) is 72.8 Å². The van der Waals surface area contributed by atoms with Gasteiger partial charge in [0.15, 0.2) is 0 Å². The predicted octanol–water partition coefficient (Wildman–Crippen LogP) is 4.32. The quantitative estimate of drug-likeness (QED) is 0.0581. The van der Waals surface area contributed by atoms with Crippen molar-refractivity contribution in [2.24, 2.45) is 11.8 Å². The number of ketones is 2. The molecule has 2 aromatic carbocycles. The summed E-state index contributed by atoms with van der Waals surface area (Å²) >= 11 is 0. The topological polar surface area (TPSA) is 278 Å². The highest BCUT2D eigenvalue weighted by molar-refractivity contribution is 6.13. The van der Waals surface area contributed by atoms with Crippen LogP contribution in [0.2, 0.25) is 0 Å². The van der Waals surface area contributed by atoms with Gasteiger partial charge < -0.3 is 20.1 Å². The van der Waals surface area contributed by atoms with E-state index in [1.54, 1.807) is 48.5 Å². The summed E-state index contributed by atoms with van der Waals surface area (Å²) in [6, 6.07) is 10.9. The van der Waals surface area contributed by atoms with Crippen LogP contribution in [0.1, 0.15) is 95.6 Å². The number of nitrogens with one attached hydrogen (secondary N) is 4. The zero-order valence-electron chi connectivity index (χ0n) is 37.3. The molecule has 4 N–H and O–H groups in total. The van der Waals surface area contributed by atoms with Crippen LogP contribution >= 0.6 is 0 Å². The summed E-state index contributed by atoms with van der Waals surface area (Å²) in [7, 11) is 0. The van der Waals surface area contributed by atoms with Crippen LogP contribution in [-0.4, -0.2) is 93.9 Å². The summed E-state index contributed by atoms with van der Waals surface area (Å²) in [5.41, 5.74) is 1.99. The first-order valence-electron chi connectivity index (χ1n) is 21.8. The van der Waals surface area contributed by atoms with Crippen molar-refractivity contribution < 1.29 is 67.0 Å². The number of imide groups is 4. The first kappa shape index (κ1) is 52.0. The SMILES string of the molecule is CC(=O)OCc1ccc(NC(=O)NC(=O)C(CCCCN2C(=O)C=CC2=O)CC(=O)CCCC(=O)CC(CCCCN2C(=O)C=CC2=O)C(=O)NC(=O)Nc2ccc(COC(C)=O)cc2)cc1. The molecule has 0 saturated carbocycles. The van der Waals surface area contributed by atoms with Crippen molar-refractivity contribution in [3.05, 3.63) is 84.0 Å². The molecule has 2 aromatic rings. The number of rotatable bonds is 26. The highest BCUT2D eigenvalue weighted by Gasteiger charge is 2.28. The number of ether oxygens (including phenoxy) is 2. The Kier molecular flexibility index (Phi) is 20.4. The maximum Gasteiger partial charge on any atom is 0.325 e. The van der Waals surface area contributed by atoms with Crippen LogP contribution in [0.4, 0.5) is 21.0 Å². The van der Waals surface area contributed by atoms with E-state index in [0.717, 1.165) is 34.1 Å². The molecule has 0 spiro atoms. The number of nitrogens with zero attached hydrogens (tertiary/aromatic N) is 2. The monoisotopic (exact) mass is 926 g/mol. The summed E-state index contributed by atoms with van der Waals surface area (Å²) < 4.78 is 9.90. The molecule has 0 radical (unpaired) electrons. The zero-order valence-corrected chi connectivity index (χ0v) is 37.3. The normalized spacial score (nSPS) is 13.8. The smallest absolute Gasteiger partial charge is 0.325 e. The van der Waals surface area contributed by atoms with Crippen LogP contribution in [0.5, 0.6) is 0 Å². The summed E-state index contributed by atoms with van der Waals surface area (Å²) in [6.45, 7) is 2.80. The molecule has 0 bridgehead atoms. The van der Waals surface area contributed by atoms with Gasteiger partial charge in [-0.05, 0) is 67.5 Å². The second kappa shape index (κ2) is 26.4. The van der Waals surface area contributed by atoms with Gasteiger partial charge in [0.05, 0.1) is 0 Å². The van der Waals surface area contributed by atoms with E-state index in [4.69, 9.17) is 9.47 Å². The Balaban J connectivity index is 1.31. The molecule has 356 valence electrons. The molecule has 4 rings (SSSR count). The minimum atomic E-state index is -0.983. The van der Waals surface area contributed by atoms with Gasteiger partial charge in [-0.15, -0.1) is 0 Å². The third kappa shape index (κ3) is 18.4. The third-order valence-electron chi connectivity index (χ3n) is 10.6. The molecule has 2 unspecified atom stereocenters. The van der Waals surface area contributed by atoms with Crippen LogP contribution in [0, 0.1) is 11.8 Å². The van der Waals surface area contributed by atoms with Gasteiger partial charge >= 0.3 is 24.0 Å². The van der Waals surface area contributed by atoms with Crippen molar-refractivity contribution in [1.82, 2.24) is 20.4 Å². The predicted molar refractivity (Wildman–Crippen MR) is 238 cm³/mol. The van der Waals surface area contributed by atoms with Gasteiger partial charge in [-0.3, -0.25) is 68.4 Å². The molecule has 2 heterocycles. The molecular weight excluding hydrogens is 873 g/mol. The van der Waals surface area contributed by atoms with Gasteiger partial charge in [-0.1, -0.05) is 37.1 Å². The van der Waals surface area contributed by atoms with Gasteiger partial charge in [-0.25, -0.2) is 9.59 Å². The number of hydrogen-bond acceptors (Lipinski definition) is 14. The summed E-state index contributed by atoms with van der Waals surface area (Å²) in [5.74, 6) is -6.95. The van der Waals surface area contributed by atoms with Crippen LogP contribution in [0.3, 0.4) is 0 Å². The summed E-state index contributed by atoms with van der Waals surface area (Å²) in [5, 5.41) is 9.58. The number of benzene rings is 2. The lowest BCUT2D eigenvalue weighted by Gasteiger charge is -2.18. The van der Waals surface area contributed by atoms with Crippen LogP contribution in [-0.2, 0) is 70.6 Å². The largest absolute Gasteiger partial charge is 0.461 e. The number of hydrogen-bond donors (Lipinski definition) is 4. The Morgan fingerprint density at radius 1 is 0.493 bits per heavy atom. The van der Waals surface area contributed by atoms with Gasteiger partial charge in [0, 0.05) is 100 Å². The first-order chi connectivity index (χ1) is 32.0. The first-order valence-corrected chi connectivity index (χ1v) is 21.8. The van der Waals surface area contributed by atoms with Gasteiger partial charge in [-0.2, -0.15) is 0 Å². The number of unbranched alkanes of at least 4 members (excludes halogenated alkanes) is 2. The number of esters is 2. The Bertz CT molecular complexity index is 2080. The lowest BCUT2D eigenvalue weighted by Crippen LogP contribution is -2.39. The van der Waals surface area contributed by atoms with Crippen molar-refractivity contribution in [3.8, 4) is 0 Å². The van der Waals surface area contributed by atoms with Crippen LogP contribution < -0.4 is 21.3 Å². The van der Waals surface area contributed by atoms with E-state index >= 15 is 0 Å². The molecule has 2 atom stereocenters. The van der Waals surface area contributed by atoms with Crippen molar-refractivity contribution in [3.63, 3.8) is 0 Å². The Morgan fingerprint density at radius 3 is 1.16 bits per heavy atom. The van der Waals surface area contributed by atoms with E-state index in [1.165, 1.54) is 13.8 Å². The van der Waals surface area contributed by atoms with E-state index in [0.29, 0.717) is 48.2 Å². The van der Waals surface area contributed by atoms with Crippen molar-refractivity contribution in [2.75, 3.05) is 23.7 Å². The van der Waals surface area contributed by atoms with Crippen molar-refractivity contribution >= 4 is 82.4 Å². The van der Waals surface area contributed by atoms with Crippen molar-refractivity contribution in [2.45, 2.75) is 97.7 Å². The van der Waals surface area contributed by atoms with E-state index < -0.39 is 71.3 Å². The standard InChI is InChI=1S/C47H54N6O14/c1-30(54)66-28-32-12-16-36(17-13-32)48-46(64)50-44(62)34(8-3-5-24-52-40(58)20-21-41(52)59)26-38(56)10-7-11-39(57)27-35(9-4-6-25-53-42(60)22-23-43(53)61)45(63)51-47(65)49-37-18-14-33(15-19-37)29-67-31(2)55/h12-23,34-35H,3-11,24-29H2,1-2H3,(H2,48,50,62,64)(H2,49,51,63,65). The van der Waals surface area contributed by atoms with Crippen molar-refractivity contribution in [1.29, 1.82) is 0 Å².